The molecule has 2 N–H and O–H groups in total. The number of anilines is 1. The maximum Gasteiger partial charge on any atom is 0.226 e. The fourth-order valence-corrected chi connectivity index (χ4v) is 2.32. The van der Waals surface area contributed by atoms with Crippen molar-refractivity contribution >= 4 is 5.95 Å². The number of nitrogens with zero attached hydrogens (tertiary/aromatic N) is 2. The molecule has 0 aliphatic heterocycles. The van der Waals surface area contributed by atoms with Crippen molar-refractivity contribution in [3.05, 3.63) is 12.3 Å². The van der Waals surface area contributed by atoms with Crippen molar-refractivity contribution in [1.29, 1.82) is 0 Å². The van der Waals surface area contributed by atoms with E-state index in [-0.39, 0.29) is 18.2 Å². The molecule has 0 aromatic carbocycles. The van der Waals surface area contributed by atoms with E-state index in [0.29, 0.717) is 11.8 Å². The highest BCUT2D eigenvalue weighted by Crippen LogP contribution is 2.32. The molecule has 0 saturated heterocycles. The topological polar surface area (TPSA) is 67.3 Å². The largest absolute Gasteiger partial charge is 0.475 e. The summed E-state index contributed by atoms with van der Waals surface area (Å²) >= 11 is 0. The summed E-state index contributed by atoms with van der Waals surface area (Å²) in [4.78, 5) is 8.50. The van der Waals surface area contributed by atoms with E-state index in [1.54, 1.807) is 12.3 Å². The second kappa shape index (κ2) is 5.52. The molecule has 0 amide bonds. The van der Waals surface area contributed by atoms with Crippen LogP contribution in [0.3, 0.4) is 0 Å². The maximum absolute atomic E-state index is 9.54. The normalized spacial score (nSPS) is 18.0. The first-order valence-corrected chi connectivity index (χ1v) is 6.52. The van der Waals surface area contributed by atoms with Crippen LogP contribution in [0, 0.1) is 0 Å². The van der Waals surface area contributed by atoms with Gasteiger partial charge < -0.3 is 15.2 Å². The van der Waals surface area contributed by atoms with Gasteiger partial charge in [0, 0.05) is 12.3 Å². The van der Waals surface area contributed by atoms with Gasteiger partial charge in [0.25, 0.3) is 0 Å². The quantitative estimate of drug-likeness (QED) is 0.837. The molecular weight excluding hydrogens is 230 g/mol. The molecule has 1 aromatic heterocycles. The van der Waals surface area contributed by atoms with Crippen LogP contribution in [-0.2, 0) is 0 Å². The second-order valence-electron chi connectivity index (χ2n) is 5.16. The number of aliphatic hydroxyl groups is 1. The van der Waals surface area contributed by atoms with Crippen molar-refractivity contribution in [1.82, 2.24) is 9.97 Å². The first kappa shape index (κ1) is 13.1. The van der Waals surface area contributed by atoms with Gasteiger partial charge in [0.1, 0.15) is 0 Å². The van der Waals surface area contributed by atoms with Gasteiger partial charge in [0.05, 0.1) is 18.2 Å². The second-order valence-corrected chi connectivity index (χ2v) is 5.16. The zero-order chi connectivity index (χ0) is 13.0. The van der Waals surface area contributed by atoms with Crippen LogP contribution in [0.15, 0.2) is 12.3 Å². The molecule has 0 atom stereocenters. The standard InChI is InChI=1S/C13H21N3O2/c1-10(2)18-11-5-8-14-12(15-11)16-13(9-17)6-3-4-7-13/h5,8,10,17H,3-4,6-7,9H2,1-2H3,(H,14,15,16). The molecule has 1 aromatic rings. The molecule has 5 nitrogen and oxygen atoms in total. The summed E-state index contributed by atoms with van der Waals surface area (Å²) in [7, 11) is 0. The monoisotopic (exact) mass is 251 g/mol. The summed E-state index contributed by atoms with van der Waals surface area (Å²) in [5.74, 6) is 1.10. The number of aromatic nitrogens is 2. The predicted octanol–water partition coefficient (Wildman–Crippen LogP) is 1.98. The fourth-order valence-electron chi connectivity index (χ4n) is 2.32. The Morgan fingerprint density at radius 2 is 2.17 bits per heavy atom. The molecule has 5 heteroatoms. The number of ether oxygens (including phenoxy) is 1. The van der Waals surface area contributed by atoms with Gasteiger partial charge in [0.15, 0.2) is 0 Å². The van der Waals surface area contributed by atoms with E-state index in [1.807, 2.05) is 13.8 Å². The van der Waals surface area contributed by atoms with Gasteiger partial charge in [-0.25, -0.2) is 4.98 Å². The third kappa shape index (κ3) is 3.10. The summed E-state index contributed by atoms with van der Waals surface area (Å²) in [5.41, 5.74) is -0.254. The number of rotatable bonds is 5. The Bertz CT molecular complexity index is 390. The van der Waals surface area contributed by atoms with E-state index in [9.17, 15) is 5.11 Å². The first-order valence-electron chi connectivity index (χ1n) is 6.52. The average Bonchev–Trinajstić information content (AvgIpc) is 2.78. The van der Waals surface area contributed by atoms with E-state index in [1.165, 1.54) is 0 Å². The molecule has 100 valence electrons. The minimum absolute atomic E-state index is 0.0889. The Balaban J connectivity index is 2.08. The van der Waals surface area contributed by atoms with Gasteiger partial charge >= 0.3 is 0 Å². The molecule has 1 aliphatic rings. The zero-order valence-corrected chi connectivity index (χ0v) is 11.0. The molecule has 0 radical (unpaired) electrons. The molecule has 0 bridgehead atoms. The third-order valence-electron chi connectivity index (χ3n) is 3.23. The van der Waals surface area contributed by atoms with Crippen LogP contribution in [0.5, 0.6) is 5.88 Å². The number of hydrogen-bond donors (Lipinski definition) is 2. The van der Waals surface area contributed by atoms with Crippen LogP contribution >= 0.6 is 0 Å². The van der Waals surface area contributed by atoms with Gasteiger partial charge in [-0.2, -0.15) is 4.98 Å². The molecule has 1 fully saturated rings. The van der Waals surface area contributed by atoms with Crippen molar-refractivity contribution in [2.45, 2.75) is 51.2 Å². The summed E-state index contributed by atoms with van der Waals surface area (Å²) in [6.45, 7) is 4.04. The van der Waals surface area contributed by atoms with Gasteiger partial charge in [-0.05, 0) is 26.7 Å². The van der Waals surface area contributed by atoms with Crippen molar-refractivity contribution in [3.8, 4) is 5.88 Å². The van der Waals surface area contributed by atoms with E-state index < -0.39 is 0 Å². The van der Waals surface area contributed by atoms with Crippen LogP contribution in [0.4, 0.5) is 5.95 Å². The lowest BCUT2D eigenvalue weighted by molar-refractivity contribution is 0.212. The molecule has 18 heavy (non-hydrogen) atoms. The smallest absolute Gasteiger partial charge is 0.226 e. The van der Waals surface area contributed by atoms with Crippen molar-refractivity contribution < 1.29 is 9.84 Å². The molecular formula is C13H21N3O2. The molecule has 0 unspecified atom stereocenters. The molecule has 2 rings (SSSR count). The Morgan fingerprint density at radius 1 is 1.44 bits per heavy atom. The van der Waals surface area contributed by atoms with Crippen molar-refractivity contribution in [2.75, 3.05) is 11.9 Å². The maximum atomic E-state index is 9.54. The van der Waals surface area contributed by atoms with Gasteiger partial charge in [-0.1, -0.05) is 12.8 Å². The lowest BCUT2D eigenvalue weighted by atomic mass is 9.99. The highest BCUT2D eigenvalue weighted by atomic mass is 16.5. The van der Waals surface area contributed by atoms with Crippen LogP contribution in [0.1, 0.15) is 39.5 Å². The lowest BCUT2D eigenvalue weighted by Crippen LogP contribution is -2.39. The third-order valence-corrected chi connectivity index (χ3v) is 3.23. The Hall–Kier alpha value is -1.36. The Morgan fingerprint density at radius 3 is 2.78 bits per heavy atom. The first-order chi connectivity index (χ1) is 8.63. The van der Waals surface area contributed by atoms with Crippen LogP contribution < -0.4 is 10.1 Å². The van der Waals surface area contributed by atoms with Crippen LogP contribution in [0.25, 0.3) is 0 Å². The SMILES string of the molecule is CC(C)Oc1ccnc(NC2(CO)CCCC2)n1. The minimum atomic E-state index is -0.254. The van der Waals surface area contributed by atoms with E-state index in [2.05, 4.69) is 15.3 Å². The molecule has 0 spiro atoms. The minimum Gasteiger partial charge on any atom is -0.475 e. The fraction of sp³-hybridized carbons (Fsp3) is 0.692. The highest BCUT2D eigenvalue weighted by molar-refractivity contribution is 5.32. The molecule has 1 saturated carbocycles. The van der Waals surface area contributed by atoms with Crippen LogP contribution in [-0.4, -0.2) is 33.3 Å². The van der Waals surface area contributed by atoms with Gasteiger partial charge in [0.2, 0.25) is 11.8 Å². The summed E-state index contributed by atoms with van der Waals surface area (Å²) in [5, 5.41) is 12.8. The average molecular weight is 251 g/mol. The number of aliphatic hydroxyl groups excluding tert-OH is 1. The summed E-state index contributed by atoms with van der Waals surface area (Å²) in [6, 6.07) is 1.74. The summed E-state index contributed by atoms with van der Waals surface area (Å²) < 4.78 is 5.53. The zero-order valence-electron chi connectivity index (χ0n) is 11.0. The van der Waals surface area contributed by atoms with E-state index in [0.717, 1.165) is 25.7 Å². The highest BCUT2D eigenvalue weighted by Gasteiger charge is 2.33. The number of nitrogens with one attached hydrogen (secondary N) is 1. The molecule has 1 heterocycles. The van der Waals surface area contributed by atoms with Crippen molar-refractivity contribution in [2.24, 2.45) is 0 Å². The van der Waals surface area contributed by atoms with Gasteiger partial charge in [-0.15, -0.1) is 0 Å². The predicted molar refractivity (Wildman–Crippen MR) is 69.7 cm³/mol. The van der Waals surface area contributed by atoms with Crippen LogP contribution in [0.2, 0.25) is 0 Å². The van der Waals surface area contributed by atoms with E-state index >= 15 is 0 Å². The molecule has 1 aliphatic carbocycles. The van der Waals surface area contributed by atoms with E-state index in [4.69, 9.17) is 4.74 Å². The van der Waals surface area contributed by atoms with Crippen molar-refractivity contribution in [3.63, 3.8) is 0 Å². The Kier molecular flexibility index (Phi) is 4.01. The summed E-state index contributed by atoms with van der Waals surface area (Å²) in [6.07, 6.45) is 5.95. The Labute approximate surface area is 108 Å². The lowest BCUT2D eigenvalue weighted by Gasteiger charge is -2.27. The van der Waals surface area contributed by atoms with Gasteiger partial charge in [-0.3, -0.25) is 0 Å². The number of hydrogen-bond acceptors (Lipinski definition) is 5.